The molecule has 48 heavy (non-hydrogen) atoms. The minimum atomic E-state index is 0.110. The number of nitrogens with zero attached hydrogens (tertiary/aromatic N) is 2. The molecule has 4 aliphatic heterocycles. The molecule has 266 valence electrons. The van der Waals surface area contributed by atoms with Crippen LogP contribution in [0.2, 0.25) is 0 Å². The second kappa shape index (κ2) is 15.0. The fraction of sp³-hybridized carbons (Fsp3) is 0.732. The van der Waals surface area contributed by atoms with Gasteiger partial charge in [0, 0.05) is 36.8 Å². The molecule has 4 saturated heterocycles. The van der Waals surface area contributed by atoms with E-state index in [9.17, 15) is 0 Å². The summed E-state index contributed by atoms with van der Waals surface area (Å²) in [5, 5.41) is 12.9. The zero-order valence-corrected chi connectivity index (χ0v) is 32.1. The van der Waals surface area contributed by atoms with E-state index in [1.54, 1.807) is 0 Å². The van der Waals surface area contributed by atoms with E-state index in [1.165, 1.54) is 68.3 Å². The maximum atomic E-state index is 4.99. The third-order valence-electron chi connectivity index (χ3n) is 12.0. The van der Waals surface area contributed by atoms with Crippen molar-refractivity contribution in [2.45, 2.75) is 154 Å². The number of hydrogen-bond donors (Lipinski definition) is 4. The van der Waals surface area contributed by atoms with Gasteiger partial charge in [-0.05, 0) is 118 Å². The van der Waals surface area contributed by atoms with Crippen molar-refractivity contribution in [2.24, 2.45) is 23.2 Å². The topological polar surface area (TPSA) is 64.2 Å². The molecule has 6 nitrogen and oxygen atoms in total. The van der Waals surface area contributed by atoms with Crippen molar-refractivity contribution in [3.8, 4) is 0 Å². The molecule has 8 unspecified atom stereocenters. The molecular formula is C41H66N6S. The summed E-state index contributed by atoms with van der Waals surface area (Å²) in [5.74, 6) is 1.90. The number of piperidine rings is 2. The largest absolute Gasteiger partial charge is 0.298 e. The second-order valence-corrected chi connectivity index (χ2v) is 19.5. The predicted octanol–water partition coefficient (Wildman–Crippen LogP) is 8.17. The summed E-state index contributed by atoms with van der Waals surface area (Å²) >= 11 is 1.94. The molecule has 1 aromatic carbocycles. The molecule has 7 heteroatoms. The normalized spacial score (nSPS) is 34.9. The van der Waals surface area contributed by atoms with Crippen molar-refractivity contribution in [3.05, 3.63) is 65.5 Å². The first-order valence-electron chi connectivity index (χ1n) is 19.2. The van der Waals surface area contributed by atoms with E-state index in [0.29, 0.717) is 41.5 Å². The van der Waals surface area contributed by atoms with Gasteiger partial charge in [0.05, 0.1) is 29.4 Å². The van der Waals surface area contributed by atoms with E-state index in [-0.39, 0.29) is 22.4 Å². The maximum absolute atomic E-state index is 4.99. The van der Waals surface area contributed by atoms with Crippen LogP contribution in [0.4, 0.5) is 0 Å². The smallest absolute Gasteiger partial charge is 0.0690 e. The Balaban J connectivity index is 1.26. The van der Waals surface area contributed by atoms with Crippen LogP contribution in [0.5, 0.6) is 0 Å². The monoisotopic (exact) mass is 675 g/mol. The molecule has 5 heterocycles. The van der Waals surface area contributed by atoms with Crippen LogP contribution in [0, 0.1) is 23.2 Å². The Kier molecular flexibility index (Phi) is 11.4. The Morgan fingerprint density at radius 1 is 0.938 bits per heavy atom. The van der Waals surface area contributed by atoms with Crippen LogP contribution in [0.15, 0.2) is 48.7 Å². The van der Waals surface area contributed by atoms with E-state index in [0.717, 1.165) is 19.4 Å². The fourth-order valence-electron chi connectivity index (χ4n) is 9.43. The third kappa shape index (κ3) is 8.87. The molecular weight excluding hydrogens is 609 g/mol. The van der Waals surface area contributed by atoms with Gasteiger partial charge in [-0.3, -0.25) is 30.6 Å². The third-order valence-corrected chi connectivity index (χ3v) is 13.0. The first kappa shape index (κ1) is 36.3. The van der Waals surface area contributed by atoms with E-state index in [4.69, 9.17) is 4.98 Å². The molecule has 4 bridgehead atoms. The van der Waals surface area contributed by atoms with E-state index in [1.807, 2.05) is 18.1 Å². The van der Waals surface area contributed by atoms with Gasteiger partial charge in [0.15, 0.2) is 0 Å². The van der Waals surface area contributed by atoms with Gasteiger partial charge < -0.3 is 0 Å². The minimum absolute atomic E-state index is 0.110. The van der Waals surface area contributed by atoms with Crippen molar-refractivity contribution < 1.29 is 0 Å². The summed E-state index contributed by atoms with van der Waals surface area (Å²) in [7, 11) is 0. The average Bonchev–Trinajstić information content (AvgIpc) is 3.34. The van der Waals surface area contributed by atoms with E-state index in [2.05, 4.69) is 123 Å². The Morgan fingerprint density at radius 3 is 2.48 bits per heavy atom. The first-order chi connectivity index (χ1) is 22.8. The second-order valence-electron chi connectivity index (χ2n) is 18.4. The summed E-state index contributed by atoms with van der Waals surface area (Å²) in [6.07, 6.45) is 13.6. The van der Waals surface area contributed by atoms with Gasteiger partial charge >= 0.3 is 0 Å². The Morgan fingerprint density at radius 2 is 1.73 bits per heavy atom. The van der Waals surface area contributed by atoms with Crippen LogP contribution in [0.1, 0.15) is 130 Å². The average molecular weight is 675 g/mol. The Bertz CT molecular complexity index is 1320. The predicted molar refractivity (Wildman–Crippen MR) is 204 cm³/mol. The highest BCUT2D eigenvalue weighted by molar-refractivity contribution is 7.98. The van der Waals surface area contributed by atoms with Gasteiger partial charge in [-0.15, -0.1) is 0 Å². The first-order valence-corrected chi connectivity index (χ1v) is 20.1. The molecule has 1 aromatic heterocycles. The molecule has 0 amide bonds. The van der Waals surface area contributed by atoms with Crippen LogP contribution >= 0.6 is 11.9 Å². The van der Waals surface area contributed by atoms with Gasteiger partial charge in [0.2, 0.25) is 0 Å². The number of benzene rings is 1. The van der Waals surface area contributed by atoms with Gasteiger partial charge in [-0.2, -0.15) is 0 Å². The Labute approximate surface area is 297 Å². The SMILES string of the molecule is CC(C)(C)c1ccnc(C2CC[C@@H]3CN(C4NC(C(C)(C)C)C(CCc5ccccc5)CC4CNSC4CCCC(N4)N2)C(C)(C)C3)c1. The van der Waals surface area contributed by atoms with Crippen molar-refractivity contribution in [1.29, 1.82) is 0 Å². The van der Waals surface area contributed by atoms with E-state index >= 15 is 0 Å². The van der Waals surface area contributed by atoms with E-state index < -0.39 is 0 Å². The molecule has 0 saturated carbocycles. The molecule has 9 atom stereocenters. The van der Waals surface area contributed by atoms with Crippen LogP contribution < -0.4 is 20.7 Å². The van der Waals surface area contributed by atoms with Crippen molar-refractivity contribution in [2.75, 3.05) is 13.1 Å². The minimum Gasteiger partial charge on any atom is -0.298 e. The molecule has 0 aliphatic carbocycles. The number of hydrogen-bond acceptors (Lipinski definition) is 7. The van der Waals surface area contributed by atoms with Crippen molar-refractivity contribution in [3.63, 3.8) is 0 Å². The van der Waals surface area contributed by atoms with Crippen LogP contribution in [0.25, 0.3) is 0 Å². The zero-order valence-electron chi connectivity index (χ0n) is 31.3. The number of nitrogens with one attached hydrogen (secondary N) is 4. The molecule has 4 N–H and O–H groups in total. The number of aryl methyl sites for hydroxylation is 1. The van der Waals surface area contributed by atoms with Crippen LogP contribution in [-0.2, 0) is 11.8 Å². The lowest BCUT2D eigenvalue weighted by atomic mass is 9.70. The summed E-state index contributed by atoms with van der Waals surface area (Å²) in [5.41, 5.74) is 4.52. The van der Waals surface area contributed by atoms with Crippen molar-refractivity contribution in [1.82, 2.24) is 30.6 Å². The zero-order chi connectivity index (χ0) is 34.1. The Hall–Kier alpha value is -1.48. The lowest BCUT2D eigenvalue weighted by molar-refractivity contribution is -0.0202. The number of pyridine rings is 1. The van der Waals surface area contributed by atoms with Crippen molar-refractivity contribution >= 4 is 11.9 Å². The number of rotatable bonds is 4. The molecule has 4 fully saturated rings. The highest BCUT2D eigenvalue weighted by Crippen LogP contribution is 2.44. The van der Waals surface area contributed by atoms with Crippen LogP contribution in [0.3, 0.4) is 0 Å². The molecule has 0 radical (unpaired) electrons. The number of fused-ring (bicyclic) bond motifs is 6. The van der Waals surface area contributed by atoms with Crippen LogP contribution in [-0.4, -0.2) is 52.3 Å². The maximum Gasteiger partial charge on any atom is 0.0690 e. The van der Waals surface area contributed by atoms with Gasteiger partial charge in [0.1, 0.15) is 0 Å². The highest BCUT2D eigenvalue weighted by Gasteiger charge is 2.49. The lowest BCUT2D eigenvalue weighted by Crippen LogP contribution is -2.66. The molecule has 6 rings (SSSR count). The van der Waals surface area contributed by atoms with Gasteiger partial charge in [-0.25, -0.2) is 0 Å². The van der Waals surface area contributed by atoms with Gasteiger partial charge in [-0.1, -0.05) is 83.8 Å². The molecule has 4 aliphatic rings. The van der Waals surface area contributed by atoms with Gasteiger partial charge in [0.25, 0.3) is 0 Å². The fourth-order valence-corrected chi connectivity index (χ4v) is 10.5. The quantitative estimate of drug-likeness (QED) is 0.244. The summed E-state index contributed by atoms with van der Waals surface area (Å²) in [6.45, 7) is 21.6. The summed E-state index contributed by atoms with van der Waals surface area (Å²) in [4.78, 5) is 7.89. The highest BCUT2D eigenvalue weighted by atomic mass is 32.2. The number of aromatic nitrogens is 1. The summed E-state index contributed by atoms with van der Waals surface area (Å²) < 4.78 is 3.96. The molecule has 0 spiro atoms. The molecule has 2 aromatic rings. The lowest BCUT2D eigenvalue weighted by Gasteiger charge is -2.53. The summed E-state index contributed by atoms with van der Waals surface area (Å²) in [6, 6.07) is 16.5. The standard InChI is InChI=1S/C41H66N6S/c1-39(2,3)32-21-22-42-34(24-32)33-20-18-29-25-41(7,8)47(27-29)38-31(26-43-48-36-16-12-15-35(44-33)45-36)23-30(37(46-38)40(4,5)6)19-17-28-13-10-9-11-14-28/h9-11,13-14,21-22,24,29-31,33,35-38,43-46H,12,15-20,23,25-27H2,1-8H3/t29-,30?,31?,33?,35?,36?,37?,38?/m0/s1.